The lowest BCUT2D eigenvalue weighted by molar-refractivity contribution is 0.607. The molecule has 0 amide bonds. The summed E-state index contributed by atoms with van der Waals surface area (Å²) < 4.78 is 25.2. The number of halogens is 1. The predicted octanol–water partition coefficient (Wildman–Crippen LogP) is 3.83. The molecule has 0 fully saturated rings. The van der Waals surface area contributed by atoms with Crippen molar-refractivity contribution in [1.29, 1.82) is 0 Å². The highest BCUT2D eigenvalue weighted by Crippen LogP contribution is 2.23. The smallest absolute Gasteiger partial charge is 0.229 e. The Hall–Kier alpha value is -1.83. The van der Waals surface area contributed by atoms with Gasteiger partial charge in [-0.05, 0) is 49.0 Å². The van der Waals surface area contributed by atoms with Gasteiger partial charge >= 0.3 is 0 Å². The molecule has 0 radical (unpaired) electrons. The van der Waals surface area contributed by atoms with Crippen molar-refractivity contribution in [1.82, 2.24) is 0 Å². The monoisotopic (exact) mass is 369 g/mol. The molecule has 2 aromatic rings. The summed E-state index contributed by atoms with van der Waals surface area (Å²) in [5.41, 5.74) is 2.66. The Kier molecular flexibility index (Phi) is 5.46. The topological polar surface area (TPSA) is 70.2 Å². The fraction of sp³-hybridized carbons (Fsp3) is 0.133. The Morgan fingerprint density at radius 1 is 1.09 bits per heavy atom. The van der Waals surface area contributed by atoms with E-state index in [2.05, 4.69) is 15.4 Å². The highest BCUT2D eigenvalue weighted by molar-refractivity contribution is 7.92. The lowest BCUT2D eigenvalue weighted by atomic mass is 10.2. The molecule has 0 bridgehead atoms. The summed E-state index contributed by atoms with van der Waals surface area (Å²) >= 11 is 11.3. The van der Waals surface area contributed by atoms with Crippen LogP contribution in [-0.4, -0.2) is 19.8 Å². The van der Waals surface area contributed by atoms with Gasteiger partial charge in [0, 0.05) is 5.69 Å². The number of thiocarbonyl (C=S) groups is 1. The molecule has 0 saturated carbocycles. The molecule has 0 aliphatic carbocycles. The Labute approximate surface area is 146 Å². The maximum Gasteiger partial charge on any atom is 0.229 e. The molecular formula is C15H16ClN3O2S2. The number of hydrogen-bond donors (Lipinski definition) is 3. The Morgan fingerprint density at radius 2 is 1.78 bits per heavy atom. The third-order valence-electron chi connectivity index (χ3n) is 2.91. The summed E-state index contributed by atoms with van der Waals surface area (Å²) in [5, 5.41) is 6.90. The first kappa shape index (κ1) is 17.5. The zero-order valence-corrected chi connectivity index (χ0v) is 14.9. The van der Waals surface area contributed by atoms with Crippen LogP contribution in [0.3, 0.4) is 0 Å². The minimum atomic E-state index is -3.34. The average molecular weight is 370 g/mol. The fourth-order valence-electron chi connectivity index (χ4n) is 1.86. The van der Waals surface area contributed by atoms with E-state index >= 15 is 0 Å². The van der Waals surface area contributed by atoms with Crippen molar-refractivity contribution in [3.63, 3.8) is 0 Å². The quantitative estimate of drug-likeness (QED) is 0.714. The molecule has 0 unspecified atom stereocenters. The summed E-state index contributed by atoms with van der Waals surface area (Å²) in [6.07, 6.45) is 1.11. The molecule has 0 atom stereocenters. The highest BCUT2D eigenvalue weighted by Gasteiger charge is 2.07. The number of nitrogens with one attached hydrogen (secondary N) is 3. The van der Waals surface area contributed by atoms with Crippen molar-refractivity contribution in [2.45, 2.75) is 6.92 Å². The molecule has 23 heavy (non-hydrogen) atoms. The number of anilines is 3. The zero-order valence-electron chi connectivity index (χ0n) is 12.6. The normalized spacial score (nSPS) is 10.9. The first-order valence-corrected chi connectivity index (χ1v) is 9.33. The van der Waals surface area contributed by atoms with Gasteiger partial charge in [-0.25, -0.2) is 8.42 Å². The molecule has 0 heterocycles. The maximum atomic E-state index is 11.4. The van der Waals surface area contributed by atoms with Gasteiger partial charge in [-0.3, -0.25) is 4.72 Å². The summed E-state index contributed by atoms with van der Waals surface area (Å²) in [6, 6.07) is 12.5. The number of benzene rings is 2. The van der Waals surface area contributed by atoms with Crippen molar-refractivity contribution in [3.05, 3.63) is 53.1 Å². The second-order valence-corrected chi connectivity index (χ2v) is 7.53. The molecule has 3 N–H and O–H groups in total. The SMILES string of the molecule is Cc1ccc(NC(=S)Nc2ccccc2Cl)cc1NS(C)(=O)=O. The van der Waals surface area contributed by atoms with E-state index in [1.165, 1.54) is 0 Å². The van der Waals surface area contributed by atoms with E-state index in [1.807, 2.05) is 31.2 Å². The van der Waals surface area contributed by atoms with E-state index in [-0.39, 0.29) is 0 Å². The standard InChI is InChI=1S/C15H16ClN3O2S2/c1-10-7-8-11(9-14(10)19-23(2,20)21)17-15(22)18-13-6-4-3-5-12(13)16/h3-9,19H,1-2H3,(H2,17,18,22). The van der Waals surface area contributed by atoms with Crippen LogP contribution >= 0.6 is 23.8 Å². The van der Waals surface area contributed by atoms with Crippen LogP contribution in [0.2, 0.25) is 5.02 Å². The van der Waals surface area contributed by atoms with Gasteiger partial charge in [0.2, 0.25) is 10.0 Å². The molecule has 2 rings (SSSR count). The van der Waals surface area contributed by atoms with Crippen molar-refractivity contribution in [3.8, 4) is 0 Å². The van der Waals surface area contributed by atoms with E-state index in [0.717, 1.165) is 11.8 Å². The van der Waals surface area contributed by atoms with E-state index in [9.17, 15) is 8.42 Å². The maximum absolute atomic E-state index is 11.4. The number of hydrogen-bond acceptors (Lipinski definition) is 3. The Balaban J connectivity index is 2.12. The van der Waals surface area contributed by atoms with Crippen molar-refractivity contribution in [2.24, 2.45) is 0 Å². The first-order valence-electron chi connectivity index (χ1n) is 6.65. The van der Waals surface area contributed by atoms with Crippen molar-refractivity contribution < 1.29 is 8.42 Å². The van der Waals surface area contributed by atoms with Gasteiger partial charge in [0.1, 0.15) is 0 Å². The van der Waals surface area contributed by atoms with Crippen LogP contribution in [0.4, 0.5) is 17.1 Å². The summed E-state index contributed by atoms with van der Waals surface area (Å²) in [7, 11) is -3.34. The number of para-hydroxylation sites is 1. The van der Waals surface area contributed by atoms with Crippen LogP contribution in [0.25, 0.3) is 0 Å². The van der Waals surface area contributed by atoms with Gasteiger partial charge in [-0.15, -0.1) is 0 Å². The summed E-state index contributed by atoms with van der Waals surface area (Å²) in [6.45, 7) is 1.82. The molecule has 5 nitrogen and oxygen atoms in total. The average Bonchev–Trinajstić information content (AvgIpc) is 2.43. The van der Waals surface area contributed by atoms with Gasteiger partial charge in [0.25, 0.3) is 0 Å². The third kappa shape index (κ3) is 5.38. The molecule has 0 aromatic heterocycles. The summed E-state index contributed by atoms with van der Waals surface area (Å²) in [4.78, 5) is 0. The third-order valence-corrected chi connectivity index (χ3v) is 4.04. The Bertz CT molecular complexity index is 838. The second kappa shape index (κ2) is 7.16. The highest BCUT2D eigenvalue weighted by atomic mass is 35.5. The summed E-state index contributed by atoms with van der Waals surface area (Å²) in [5.74, 6) is 0. The van der Waals surface area contributed by atoms with Crippen LogP contribution in [-0.2, 0) is 10.0 Å². The van der Waals surface area contributed by atoms with E-state index in [0.29, 0.717) is 27.2 Å². The van der Waals surface area contributed by atoms with Crippen molar-refractivity contribution >= 4 is 56.0 Å². The molecule has 0 spiro atoms. The van der Waals surface area contributed by atoms with E-state index in [1.54, 1.807) is 18.2 Å². The van der Waals surface area contributed by atoms with Crippen LogP contribution in [0.5, 0.6) is 0 Å². The molecular weight excluding hydrogens is 354 g/mol. The molecule has 8 heteroatoms. The number of sulfonamides is 1. The van der Waals surface area contributed by atoms with Gasteiger partial charge < -0.3 is 10.6 Å². The van der Waals surface area contributed by atoms with Gasteiger partial charge in [0.05, 0.1) is 22.7 Å². The van der Waals surface area contributed by atoms with Gasteiger partial charge in [-0.2, -0.15) is 0 Å². The molecule has 0 saturated heterocycles. The molecule has 0 aliphatic rings. The predicted molar refractivity (Wildman–Crippen MR) is 101 cm³/mol. The minimum absolute atomic E-state index is 0.354. The van der Waals surface area contributed by atoms with Crippen molar-refractivity contribution in [2.75, 3.05) is 21.6 Å². The lowest BCUT2D eigenvalue weighted by Gasteiger charge is -2.14. The fourth-order valence-corrected chi connectivity index (χ4v) is 2.89. The minimum Gasteiger partial charge on any atom is -0.332 e. The number of aryl methyl sites for hydroxylation is 1. The molecule has 2 aromatic carbocycles. The number of rotatable bonds is 4. The van der Waals surface area contributed by atoms with Crippen LogP contribution in [0, 0.1) is 6.92 Å². The van der Waals surface area contributed by atoms with Gasteiger partial charge in [-0.1, -0.05) is 29.8 Å². The largest absolute Gasteiger partial charge is 0.332 e. The first-order chi connectivity index (χ1) is 10.7. The van der Waals surface area contributed by atoms with E-state index < -0.39 is 10.0 Å². The van der Waals surface area contributed by atoms with E-state index in [4.69, 9.17) is 23.8 Å². The lowest BCUT2D eigenvalue weighted by Crippen LogP contribution is -2.19. The van der Waals surface area contributed by atoms with Gasteiger partial charge in [0.15, 0.2) is 5.11 Å². The second-order valence-electron chi connectivity index (χ2n) is 4.96. The zero-order chi connectivity index (χ0) is 17.0. The van der Waals surface area contributed by atoms with Crippen LogP contribution < -0.4 is 15.4 Å². The molecule has 122 valence electrons. The van der Waals surface area contributed by atoms with Crippen LogP contribution in [0.1, 0.15) is 5.56 Å². The molecule has 0 aliphatic heterocycles. The Morgan fingerprint density at radius 3 is 2.43 bits per heavy atom. The van der Waals surface area contributed by atoms with Crippen LogP contribution in [0.15, 0.2) is 42.5 Å².